The van der Waals surface area contributed by atoms with Crippen molar-refractivity contribution in [3.8, 4) is 0 Å². The molecule has 2 N–H and O–H groups in total. The second kappa shape index (κ2) is 5.68. The average Bonchev–Trinajstić information content (AvgIpc) is 2.62. The van der Waals surface area contributed by atoms with E-state index in [2.05, 4.69) is 5.32 Å². The van der Waals surface area contributed by atoms with Crippen LogP contribution in [0.1, 0.15) is 37.5 Å². The highest BCUT2D eigenvalue weighted by atomic mass is 16.4. The number of hydrogen-bond acceptors (Lipinski definition) is 3. The fourth-order valence-corrected chi connectivity index (χ4v) is 3.16. The molecule has 6 heteroatoms. The first-order valence-electron chi connectivity index (χ1n) is 7.56. The van der Waals surface area contributed by atoms with E-state index in [9.17, 15) is 19.5 Å². The van der Waals surface area contributed by atoms with Crippen LogP contribution in [0.2, 0.25) is 0 Å². The third-order valence-electron chi connectivity index (χ3n) is 4.31. The number of nitrogens with zero attached hydrogens (tertiary/aromatic N) is 1. The van der Waals surface area contributed by atoms with Crippen LogP contribution < -0.4 is 5.32 Å². The molecule has 1 heterocycles. The van der Waals surface area contributed by atoms with Crippen LogP contribution >= 0.6 is 0 Å². The van der Waals surface area contributed by atoms with Gasteiger partial charge in [-0.3, -0.25) is 4.79 Å². The van der Waals surface area contributed by atoms with Crippen molar-refractivity contribution in [3.63, 3.8) is 0 Å². The van der Waals surface area contributed by atoms with Gasteiger partial charge >= 0.3 is 12.0 Å². The zero-order valence-corrected chi connectivity index (χ0v) is 14.0. The maximum absolute atomic E-state index is 12.9. The maximum Gasteiger partial charge on any atom is 0.327 e. The van der Waals surface area contributed by atoms with E-state index in [0.29, 0.717) is 5.56 Å². The molecule has 3 amide bonds. The first kappa shape index (κ1) is 17.0. The number of benzene rings is 1. The van der Waals surface area contributed by atoms with Crippen molar-refractivity contribution in [2.45, 2.75) is 46.2 Å². The van der Waals surface area contributed by atoms with Gasteiger partial charge in [-0.1, -0.05) is 37.6 Å². The highest BCUT2D eigenvalue weighted by molar-refractivity contribution is 6.09. The molecule has 1 fully saturated rings. The van der Waals surface area contributed by atoms with E-state index in [1.165, 1.54) is 0 Å². The first-order chi connectivity index (χ1) is 10.6. The van der Waals surface area contributed by atoms with Gasteiger partial charge in [-0.15, -0.1) is 0 Å². The van der Waals surface area contributed by atoms with E-state index in [4.69, 9.17) is 0 Å². The molecule has 1 aliphatic rings. The van der Waals surface area contributed by atoms with Crippen LogP contribution in [0.5, 0.6) is 0 Å². The number of amides is 3. The smallest absolute Gasteiger partial charge is 0.327 e. The van der Waals surface area contributed by atoms with Gasteiger partial charge < -0.3 is 10.4 Å². The summed E-state index contributed by atoms with van der Waals surface area (Å²) in [6.07, 6.45) is 0. The predicted octanol–water partition coefficient (Wildman–Crippen LogP) is 2.18. The molecular weight excluding hydrogens is 296 g/mol. The van der Waals surface area contributed by atoms with Gasteiger partial charge in [0.1, 0.15) is 11.6 Å². The Bertz CT molecular complexity index is 683. The molecule has 0 saturated carbocycles. The Morgan fingerprint density at radius 1 is 1.26 bits per heavy atom. The molecule has 0 aliphatic carbocycles. The van der Waals surface area contributed by atoms with Crippen molar-refractivity contribution >= 4 is 17.9 Å². The number of carbonyl (C=O) groups excluding carboxylic acids is 2. The number of urea groups is 1. The number of hydrogen-bond donors (Lipinski definition) is 2. The number of imide groups is 1. The Hall–Kier alpha value is -2.37. The van der Waals surface area contributed by atoms with Crippen molar-refractivity contribution in [1.29, 1.82) is 0 Å². The summed E-state index contributed by atoms with van der Waals surface area (Å²) >= 11 is 0. The topological polar surface area (TPSA) is 86.7 Å². The Morgan fingerprint density at radius 2 is 1.87 bits per heavy atom. The Morgan fingerprint density at radius 3 is 2.35 bits per heavy atom. The maximum atomic E-state index is 12.9. The monoisotopic (exact) mass is 318 g/mol. The van der Waals surface area contributed by atoms with Gasteiger partial charge in [-0.25, -0.2) is 14.5 Å². The van der Waals surface area contributed by atoms with Crippen molar-refractivity contribution < 1.29 is 19.5 Å². The second-order valence-electron chi connectivity index (χ2n) is 6.58. The van der Waals surface area contributed by atoms with Crippen molar-refractivity contribution in [3.05, 3.63) is 34.9 Å². The summed E-state index contributed by atoms with van der Waals surface area (Å²) in [5, 5.41) is 12.1. The summed E-state index contributed by atoms with van der Waals surface area (Å²) < 4.78 is 0. The van der Waals surface area contributed by atoms with Gasteiger partial charge in [0.05, 0.1) is 0 Å². The molecule has 1 saturated heterocycles. The largest absolute Gasteiger partial charge is 0.480 e. The van der Waals surface area contributed by atoms with Crippen LogP contribution in [0, 0.1) is 19.8 Å². The predicted molar refractivity (Wildman–Crippen MR) is 84.9 cm³/mol. The summed E-state index contributed by atoms with van der Waals surface area (Å²) in [4.78, 5) is 37.6. The molecule has 2 unspecified atom stereocenters. The molecule has 0 radical (unpaired) electrons. The SMILES string of the molecule is Cc1ccc(C2(C)NC(=O)N(C(C(=O)O)C(C)C)C2=O)c(C)c1. The molecule has 6 nitrogen and oxygen atoms in total. The zero-order valence-electron chi connectivity index (χ0n) is 14.0. The number of carboxylic acids is 1. The Labute approximate surface area is 135 Å². The van der Waals surface area contributed by atoms with Gasteiger partial charge in [-0.05, 0) is 37.8 Å². The molecule has 23 heavy (non-hydrogen) atoms. The third kappa shape index (κ3) is 2.69. The average molecular weight is 318 g/mol. The number of carboxylic acid groups (broad SMARTS) is 1. The minimum atomic E-state index is -1.25. The van der Waals surface area contributed by atoms with E-state index in [1.807, 2.05) is 26.0 Å². The van der Waals surface area contributed by atoms with Crippen LogP contribution in [0.3, 0.4) is 0 Å². The Kier molecular flexibility index (Phi) is 4.20. The molecule has 2 atom stereocenters. The number of nitrogens with one attached hydrogen (secondary N) is 1. The number of carbonyl (C=O) groups is 3. The highest BCUT2D eigenvalue weighted by Crippen LogP contribution is 2.33. The van der Waals surface area contributed by atoms with Gasteiger partial charge in [-0.2, -0.15) is 0 Å². The molecular formula is C17H22N2O4. The number of aryl methyl sites for hydroxylation is 2. The summed E-state index contributed by atoms with van der Waals surface area (Å²) in [6.45, 7) is 8.77. The van der Waals surface area contributed by atoms with Crippen LogP contribution in [0.25, 0.3) is 0 Å². The highest BCUT2D eigenvalue weighted by Gasteiger charge is 2.53. The fourth-order valence-electron chi connectivity index (χ4n) is 3.16. The minimum absolute atomic E-state index is 0.385. The Balaban J connectivity index is 2.50. The van der Waals surface area contributed by atoms with E-state index >= 15 is 0 Å². The standard InChI is InChI=1S/C17H22N2O4/c1-9(2)13(14(20)21)19-15(22)17(5,18-16(19)23)12-7-6-10(3)8-11(12)4/h6-9,13H,1-5H3,(H,18,23)(H,20,21). The lowest BCUT2D eigenvalue weighted by molar-refractivity contribution is -0.149. The number of rotatable bonds is 4. The second-order valence-corrected chi connectivity index (χ2v) is 6.58. The van der Waals surface area contributed by atoms with Crippen LogP contribution in [0.4, 0.5) is 4.79 Å². The first-order valence-corrected chi connectivity index (χ1v) is 7.56. The van der Waals surface area contributed by atoms with Crippen molar-refractivity contribution in [2.24, 2.45) is 5.92 Å². The molecule has 2 rings (SSSR count). The van der Waals surface area contributed by atoms with Crippen LogP contribution in [-0.4, -0.2) is 34.0 Å². The molecule has 124 valence electrons. The summed E-state index contributed by atoms with van der Waals surface area (Å²) in [6, 6.07) is 3.75. The lowest BCUT2D eigenvalue weighted by Gasteiger charge is -2.27. The molecule has 1 aliphatic heterocycles. The lowest BCUT2D eigenvalue weighted by atomic mass is 9.87. The van der Waals surface area contributed by atoms with E-state index in [-0.39, 0.29) is 5.92 Å². The van der Waals surface area contributed by atoms with E-state index in [0.717, 1.165) is 16.0 Å². The quantitative estimate of drug-likeness (QED) is 0.833. The normalized spacial score (nSPS) is 22.4. The summed E-state index contributed by atoms with van der Waals surface area (Å²) in [5.74, 6) is -2.10. The zero-order chi connectivity index (χ0) is 17.5. The molecule has 1 aromatic carbocycles. The van der Waals surface area contributed by atoms with E-state index < -0.39 is 29.5 Å². The number of aliphatic carboxylic acids is 1. The lowest BCUT2D eigenvalue weighted by Crippen LogP contribution is -2.49. The molecule has 0 spiro atoms. The fraction of sp³-hybridized carbons (Fsp3) is 0.471. The summed E-state index contributed by atoms with van der Waals surface area (Å²) in [5.41, 5.74) is 1.35. The van der Waals surface area contributed by atoms with Crippen molar-refractivity contribution in [1.82, 2.24) is 10.2 Å². The summed E-state index contributed by atoms with van der Waals surface area (Å²) in [7, 11) is 0. The van der Waals surface area contributed by atoms with Gasteiger partial charge in [0.2, 0.25) is 0 Å². The molecule has 0 aromatic heterocycles. The van der Waals surface area contributed by atoms with Gasteiger partial charge in [0, 0.05) is 0 Å². The molecule has 1 aromatic rings. The van der Waals surface area contributed by atoms with Crippen LogP contribution in [-0.2, 0) is 15.1 Å². The van der Waals surface area contributed by atoms with Crippen LogP contribution in [0.15, 0.2) is 18.2 Å². The van der Waals surface area contributed by atoms with E-state index in [1.54, 1.807) is 26.8 Å². The van der Waals surface area contributed by atoms with Gasteiger partial charge in [0.25, 0.3) is 5.91 Å². The van der Waals surface area contributed by atoms with Gasteiger partial charge in [0.15, 0.2) is 0 Å². The van der Waals surface area contributed by atoms with Crippen molar-refractivity contribution in [2.75, 3.05) is 0 Å². The minimum Gasteiger partial charge on any atom is -0.480 e. The third-order valence-corrected chi connectivity index (χ3v) is 4.31. The molecule has 0 bridgehead atoms.